The van der Waals surface area contributed by atoms with Crippen LogP contribution in [-0.4, -0.2) is 18.5 Å². The molecule has 15 heavy (non-hydrogen) atoms. The van der Waals surface area contributed by atoms with E-state index in [9.17, 15) is 4.79 Å². The van der Waals surface area contributed by atoms with Crippen molar-refractivity contribution in [1.29, 1.82) is 0 Å². The molecule has 0 N–H and O–H groups in total. The highest BCUT2D eigenvalue weighted by atomic mass is 16.5. The third-order valence-electron chi connectivity index (χ3n) is 3.09. The van der Waals surface area contributed by atoms with Crippen LogP contribution in [0.3, 0.4) is 0 Å². The van der Waals surface area contributed by atoms with E-state index in [1.807, 2.05) is 13.8 Å². The molecule has 0 amide bonds. The van der Waals surface area contributed by atoms with Gasteiger partial charge in [-0.3, -0.25) is 0 Å². The average Bonchev–Trinajstić information content (AvgIpc) is 2.15. The molecule has 0 aromatic heterocycles. The van der Waals surface area contributed by atoms with Crippen molar-refractivity contribution in [3.8, 4) is 0 Å². The van der Waals surface area contributed by atoms with Gasteiger partial charge in [-0.2, -0.15) is 0 Å². The van der Waals surface area contributed by atoms with Gasteiger partial charge < -0.3 is 9.53 Å². The summed E-state index contributed by atoms with van der Waals surface area (Å²) < 4.78 is 5.63. The van der Waals surface area contributed by atoms with Crippen LogP contribution in [0, 0.1) is 11.8 Å². The predicted molar refractivity (Wildman–Crippen MR) is 63.9 cm³/mol. The SMILES string of the molecule is CCOC(C)(C)CCCC(C)C(C)C=O. The van der Waals surface area contributed by atoms with Gasteiger partial charge in [0.2, 0.25) is 0 Å². The van der Waals surface area contributed by atoms with Crippen LogP contribution in [0.1, 0.15) is 53.9 Å². The summed E-state index contributed by atoms with van der Waals surface area (Å²) in [5, 5.41) is 0. The van der Waals surface area contributed by atoms with Crippen LogP contribution in [-0.2, 0) is 9.53 Å². The minimum Gasteiger partial charge on any atom is -0.376 e. The fourth-order valence-corrected chi connectivity index (χ4v) is 1.71. The molecular formula is C13H26O2. The zero-order valence-corrected chi connectivity index (χ0v) is 10.9. The number of ether oxygens (including phenoxy) is 1. The van der Waals surface area contributed by atoms with E-state index in [1.165, 1.54) is 0 Å². The Morgan fingerprint density at radius 3 is 2.40 bits per heavy atom. The third-order valence-corrected chi connectivity index (χ3v) is 3.09. The second-order valence-electron chi connectivity index (χ2n) is 5.06. The normalized spacial score (nSPS) is 16.1. The van der Waals surface area contributed by atoms with Crippen molar-refractivity contribution in [2.45, 2.75) is 59.5 Å². The molecule has 2 heteroatoms. The van der Waals surface area contributed by atoms with Gasteiger partial charge in [0.05, 0.1) is 5.60 Å². The molecule has 2 unspecified atom stereocenters. The quantitative estimate of drug-likeness (QED) is 0.578. The van der Waals surface area contributed by atoms with Crippen molar-refractivity contribution < 1.29 is 9.53 Å². The van der Waals surface area contributed by atoms with Crippen LogP contribution in [0.2, 0.25) is 0 Å². The van der Waals surface area contributed by atoms with E-state index in [0.717, 1.165) is 32.2 Å². The first-order chi connectivity index (χ1) is 6.93. The summed E-state index contributed by atoms with van der Waals surface area (Å²) >= 11 is 0. The molecule has 0 radical (unpaired) electrons. The number of rotatable bonds is 8. The van der Waals surface area contributed by atoms with Gasteiger partial charge in [-0.25, -0.2) is 0 Å². The van der Waals surface area contributed by atoms with Crippen LogP contribution in [0.25, 0.3) is 0 Å². The predicted octanol–water partition coefficient (Wildman–Crippen LogP) is 3.44. The number of carbonyl (C=O) groups is 1. The Hall–Kier alpha value is -0.370. The van der Waals surface area contributed by atoms with Gasteiger partial charge in [-0.1, -0.05) is 20.3 Å². The van der Waals surface area contributed by atoms with E-state index >= 15 is 0 Å². The van der Waals surface area contributed by atoms with Crippen LogP contribution < -0.4 is 0 Å². The van der Waals surface area contributed by atoms with Crippen LogP contribution in [0.15, 0.2) is 0 Å². The molecule has 0 aliphatic carbocycles. The van der Waals surface area contributed by atoms with E-state index in [4.69, 9.17) is 4.74 Å². The zero-order valence-electron chi connectivity index (χ0n) is 10.9. The molecule has 0 fully saturated rings. The van der Waals surface area contributed by atoms with Gasteiger partial charge in [0, 0.05) is 12.5 Å². The Labute approximate surface area is 94.4 Å². The molecule has 0 aliphatic heterocycles. The molecular weight excluding hydrogens is 188 g/mol. The average molecular weight is 214 g/mol. The summed E-state index contributed by atoms with van der Waals surface area (Å²) in [5.41, 5.74) is -0.0150. The van der Waals surface area contributed by atoms with E-state index in [0.29, 0.717) is 5.92 Å². The Bertz CT molecular complexity index is 175. The molecule has 2 atom stereocenters. The number of hydrogen-bond donors (Lipinski definition) is 0. The molecule has 90 valence electrons. The maximum Gasteiger partial charge on any atom is 0.123 e. The number of aldehydes is 1. The molecule has 0 saturated carbocycles. The van der Waals surface area contributed by atoms with Crippen molar-refractivity contribution in [2.75, 3.05) is 6.61 Å². The highest BCUT2D eigenvalue weighted by molar-refractivity contribution is 5.53. The topological polar surface area (TPSA) is 26.3 Å². The van der Waals surface area contributed by atoms with Crippen molar-refractivity contribution in [3.63, 3.8) is 0 Å². The third kappa shape index (κ3) is 6.67. The van der Waals surface area contributed by atoms with Crippen molar-refractivity contribution in [3.05, 3.63) is 0 Å². The second kappa shape index (κ2) is 7.00. The Kier molecular flexibility index (Phi) is 6.82. The van der Waals surface area contributed by atoms with Gasteiger partial charge in [0.25, 0.3) is 0 Å². The lowest BCUT2D eigenvalue weighted by Crippen LogP contribution is -2.24. The lowest BCUT2D eigenvalue weighted by atomic mass is 9.90. The maximum absolute atomic E-state index is 10.6. The van der Waals surface area contributed by atoms with Gasteiger partial charge in [0.15, 0.2) is 0 Å². The van der Waals surface area contributed by atoms with Gasteiger partial charge >= 0.3 is 0 Å². The summed E-state index contributed by atoms with van der Waals surface area (Å²) in [7, 11) is 0. The van der Waals surface area contributed by atoms with Crippen molar-refractivity contribution in [1.82, 2.24) is 0 Å². The highest BCUT2D eigenvalue weighted by Crippen LogP contribution is 2.22. The van der Waals surface area contributed by atoms with Gasteiger partial charge in [-0.15, -0.1) is 0 Å². The fraction of sp³-hybridized carbons (Fsp3) is 0.923. The lowest BCUT2D eigenvalue weighted by Gasteiger charge is -2.25. The molecule has 0 aromatic rings. The molecule has 2 nitrogen and oxygen atoms in total. The van der Waals surface area contributed by atoms with Gasteiger partial charge in [0.1, 0.15) is 6.29 Å². The van der Waals surface area contributed by atoms with E-state index in [-0.39, 0.29) is 11.5 Å². The van der Waals surface area contributed by atoms with Crippen LogP contribution >= 0.6 is 0 Å². The Morgan fingerprint density at radius 1 is 1.33 bits per heavy atom. The summed E-state index contributed by atoms with van der Waals surface area (Å²) in [6.07, 6.45) is 4.36. The first-order valence-electron chi connectivity index (χ1n) is 6.02. The summed E-state index contributed by atoms with van der Waals surface area (Å²) in [4.78, 5) is 10.6. The number of hydrogen-bond acceptors (Lipinski definition) is 2. The standard InChI is InChI=1S/C13H26O2/c1-6-15-13(4,5)9-7-8-11(2)12(3)10-14/h10-12H,6-9H2,1-5H3. The second-order valence-corrected chi connectivity index (χ2v) is 5.06. The fourth-order valence-electron chi connectivity index (χ4n) is 1.71. The smallest absolute Gasteiger partial charge is 0.123 e. The van der Waals surface area contributed by atoms with Crippen molar-refractivity contribution >= 4 is 6.29 Å². The lowest BCUT2D eigenvalue weighted by molar-refractivity contribution is -0.111. The first kappa shape index (κ1) is 14.6. The first-order valence-corrected chi connectivity index (χ1v) is 6.02. The molecule has 0 heterocycles. The molecule has 0 bridgehead atoms. The monoisotopic (exact) mass is 214 g/mol. The Balaban J connectivity index is 3.73. The Morgan fingerprint density at radius 2 is 1.93 bits per heavy atom. The maximum atomic E-state index is 10.6. The van der Waals surface area contributed by atoms with E-state index < -0.39 is 0 Å². The van der Waals surface area contributed by atoms with E-state index in [2.05, 4.69) is 20.8 Å². The van der Waals surface area contributed by atoms with Gasteiger partial charge in [-0.05, 0) is 39.5 Å². The molecule has 0 rings (SSSR count). The minimum absolute atomic E-state index is 0.0150. The van der Waals surface area contributed by atoms with Crippen LogP contribution in [0.5, 0.6) is 0 Å². The molecule has 0 aliphatic rings. The molecule has 0 saturated heterocycles. The summed E-state index contributed by atoms with van der Waals surface area (Å²) in [6, 6.07) is 0. The summed E-state index contributed by atoms with van der Waals surface area (Å²) in [6.45, 7) is 11.2. The van der Waals surface area contributed by atoms with Crippen molar-refractivity contribution in [2.24, 2.45) is 11.8 Å². The highest BCUT2D eigenvalue weighted by Gasteiger charge is 2.18. The number of carbonyl (C=O) groups excluding carboxylic acids is 1. The summed E-state index contributed by atoms with van der Waals surface area (Å²) in [5.74, 6) is 0.667. The largest absolute Gasteiger partial charge is 0.376 e. The zero-order chi connectivity index (χ0) is 11.9. The molecule has 0 aromatic carbocycles. The van der Waals surface area contributed by atoms with Crippen LogP contribution in [0.4, 0.5) is 0 Å². The minimum atomic E-state index is -0.0150. The molecule has 0 spiro atoms. The van der Waals surface area contributed by atoms with E-state index in [1.54, 1.807) is 0 Å².